The Bertz CT molecular complexity index is 780. The van der Waals surface area contributed by atoms with Crippen LogP contribution in [0.3, 0.4) is 0 Å². The lowest BCUT2D eigenvalue weighted by molar-refractivity contribution is -0.116. The van der Waals surface area contributed by atoms with Crippen LogP contribution in [0.25, 0.3) is 0 Å². The summed E-state index contributed by atoms with van der Waals surface area (Å²) in [6.07, 6.45) is 0.476. The fraction of sp³-hybridized carbons (Fsp3) is 0.333. The first-order valence-electron chi connectivity index (χ1n) is 8.78. The molecular weight excluding hydrogens is 344 g/mol. The molecule has 0 heterocycles. The average Bonchev–Trinajstić information content (AvgIpc) is 2.60. The van der Waals surface area contributed by atoms with Crippen molar-refractivity contribution in [2.24, 2.45) is 0 Å². The van der Waals surface area contributed by atoms with Crippen molar-refractivity contribution in [3.8, 4) is 5.75 Å². The molecule has 6 heteroatoms. The van der Waals surface area contributed by atoms with Crippen molar-refractivity contribution in [3.63, 3.8) is 0 Å². The molecule has 0 saturated heterocycles. The summed E-state index contributed by atoms with van der Waals surface area (Å²) in [6.45, 7) is 5.41. The normalized spacial score (nSPS) is 10.8. The second-order valence-electron chi connectivity index (χ2n) is 7.10. The van der Waals surface area contributed by atoms with Gasteiger partial charge in [0.1, 0.15) is 11.4 Å². The molecule has 2 N–H and O–H groups in total. The third kappa shape index (κ3) is 7.40. The highest BCUT2D eigenvalue weighted by molar-refractivity contribution is 5.91. The maximum absolute atomic E-state index is 12.1. The molecule has 0 aliphatic rings. The third-order valence-electron chi connectivity index (χ3n) is 3.59. The molecule has 2 aromatic rings. The Kier molecular flexibility index (Phi) is 6.82. The third-order valence-corrected chi connectivity index (χ3v) is 3.59. The lowest BCUT2D eigenvalue weighted by Crippen LogP contribution is -2.27. The van der Waals surface area contributed by atoms with Gasteiger partial charge in [-0.1, -0.05) is 12.1 Å². The number of rotatable bonds is 6. The number of carbonyl (C=O) groups excluding carboxylic acids is 2. The van der Waals surface area contributed by atoms with Crippen molar-refractivity contribution >= 4 is 23.4 Å². The standard InChI is InChI=1S/C21H26N2O4/c1-21(2,3)27-20(25)23-17-11-9-16(10-12-17)22-19(24)13-8-15-6-5-7-18(14-15)26-4/h5-7,9-12,14H,8,13H2,1-4H3,(H,22,24)(H,23,25). The Balaban J connectivity index is 1.83. The van der Waals surface area contributed by atoms with Gasteiger partial charge in [-0.3, -0.25) is 10.1 Å². The zero-order valence-corrected chi connectivity index (χ0v) is 16.2. The van der Waals surface area contributed by atoms with Crippen molar-refractivity contribution < 1.29 is 19.1 Å². The molecule has 0 aromatic heterocycles. The fourth-order valence-electron chi connectivity index (χ4n) is 2.37. The molecule has 2 rings (SSSR count). The van der Waals surface area contributed by atoms with Crippen LogP contribution in [0, 0.1) is 0 Å². The molecule has 2 aromatic carbocycles. The van der Waals surface area contributed by atoms with E-state index in [4.69, 9.17) is 9.47 Å². The highest BCUT2D eigenvalue weighted by Crippen LogP contribution is 2.17. The van der Waals surface area contributed by atoms with Crippen LogP contribution in [0.5, 0.6) is 5.75 Å². The van der Waals surface area contributed by atoms with E-state index in [0.29, 0.717) is 24.2 Å². The minimum Gasteiger partial charge on any atom is -0.497 e. The van der Waals surface area contributed by atoms with Crippen molar-refractivity contribution in [3.05, 3.63) is 54.1 Å². The molecular formula is C21H26N2O4. The van der Waals surface area contributed by atoms with Gasteiger partial charge in [0.25, 0.3) is 0 Å². The van der Waals surface area contributed by atoms with Gasteiger partial charge in [0.15, 0.2) is 0 Å². The molecule has 0 fully saturated rings. The van der Waals surface area contributed by atoms with Gasteiger partial charge < -0.3 is 14.8 Å². The minimum absolute atomic E-state index is 0.0781. The molecule has 0 bridgehead atoms. The van der Waals surface area contributed by atoms with Gasteiger partial charge in [-0.15, -0.1) is 0 Å². The topological polar surface area (TPSA) is 76.7 Å². The van der Waals surface area contributed by atoms with Gasteiger partial charge in [-0.05, 0) is 69.2 Å². The van der Waals surface area contributed by atoms with Gasteiger partial charge in [0.05, 0.1) is 7.11 Å². The first-order chi connectivity index (χ1) is 12.7. The molecule has 2 amide bonds. The quantitative estimate of drug-likeness (QED) is 0.778. The van der Waals surface area contributed by atoms with Crippen LogP contribution in [-0.2, 0) is 16.0 Å². The minimum atomic E-state index is -0.555. The lowest BCUT2D eigenvalue weighted by atomic mass is 10.1. The van der Waals surface area contributed by atoms with Crippen molar-refractivity contribution in [1.82, 2.24) is 0 Å². The fourth-order valence-corrected chi connectivity index (χ4v) is 2.37. The van der Waals surface area contributed by atoms with Crippen LogP contribution in [0.1, 0.15) is 32.8 Å². The number of aryl methyl sites for hydroxylation is 1. The maximum Gasteiger partial charge on any atom is 0.412 e. The van der Waals surface area contributed by atoms with Crippen LogP contribution in [0.15, 0.2) is 48.5 Å². The average molecular weight is 370 g/mol. The molecule has 0 saturated carbocycles. The molecule has 27 heavy (non-hydrogen) atoms. The number of benzene rings is 2. The Morgan fingerprint density at radius 2 is 1.59 bits per heavy atom. The van der Waals surface area contributed by atoms with Gasteiger partial charge in [-0.2, -0.15) is 0 Å². The van der Waals surface area contributed by atoms with Gasteiger partial charge in [-0.25, -0.2) is 4.79 Å². The zero-order chi connectivity index (χ0) is 19.9. The summed E-state index contributed by atoms with van der Waals surface area (Å²) in [5.74, 6) is 0.701. The zero-order valence-electron chi connectivity index (χ0n) is 16.2. The molecule has 0 spiro atoms. The Morgan fingerprint density at radius 3 is 2.19 bits per heavy atom. The molecule has 0 radical (unpaired) electrons. The van der Waals surface area contributed by atoms with E-state index in [-0.39, 0.29) is 5.91 Å². The number of ether oxygens (including phenoxy) is 2. The second kappa shape index (κ2) is 9.07. The molecule has 0 aliphatic carbocycles. The Hall–Kier alpha value is -3.02. The number of methoxy groups -OCH3 is 1. The Morgan fingerprint density at radius 1 is 0.963 bits per heavy atom. The van der Waals surface area contributed by atoms with Crippen molar-refractivity contribution in [1.29, 1.82) is 0 Å². The highest BCUT2D eigenvalue weighted by Gasteiger charge is 2.16. The predicted molar refractivity (Wildman–Crippen MR) is 106 cm³/mol. The summed E-state index contributed by atoms with van der Waals surface area (Å²) in [7, 11) is 1.62. The largest absolute Gasteiger partial charge is 0.497 e. The van der Waals surface area contributed by atoms with Gasteiger partial charge >= 0.3 is 6.09 Å². The number of amides is 2. The summed E-state index contributed by atoms with van der Waals surface area (Å²) in [6, 6.07) is 14.5. The SMILES string of the molecule is COc1cccc(CCC(=O)Nc2ccc(NC(=O)OC(C)(C)C)cc2)c1. The molecule has 144 valence electrons. The van der Waals surface area contributed by atoms with Crippen LogP contribution >= 0.6 is 0 Å². The van der Waals surface area contributed by atoms with Gasteiger partial charge in [0, 0.05) is 17.8 Å². The molecule has 0 atom stereocenters. The van der Waals surface area contributed by atoms with Crippen LogP contribution in [-0.4, -0.2) is 24.7 Å². The van der Waals surface area contributed by atoms with E-state index in [0.717, 1.165) is 11.3 Å². The van der Waals surface area contributed by atoms with Crippen LogP contribution in [0.4, 0.5) is 16.2 Å². The maximum atomic E-state index is 12.1. The molecule has 0 unspecified atom stereocenters. The number of carbonyl (C=O) groups is 2. The lowest BCUT2D eigenvalue weighted by Gasteiger charge is -2.19. The number of hydrogen-bond donors (Lipinski definition) is 2. The van der Waals surface area contributed by atoms with E-state index in [2.05, 4.69) is 10.6 Å². The molecule has 0 aliphatic heterocycles. The number of nitrogens with one attached hydrogen (secondary N) is 2. The predicted octanol–water partition coefficient (Wildman–Crippen LogP) is 4.61. The van der Waals surface area contributed by atoms with Crippen LogP contribution < -0.4 is 15.4 Å². The van der Waals surface area contributed by atoms with Crippen molar-refractivity contribution in [2.45, 2.75) is 39.2 Å². The number of hydrogen-bond acceptors (Lipinski definition) is 4. The van der Waals surface area contributed by atoms with E-state index in [1.165, 1.54) is 0 Å². The highest BCUT2D eigenvalue weighted by atomic mass is 16.6. The summed E-state index contributed by atoms with van der Waals surface area (Å²) < 4.78 is 10.4. The van der Waals surface area contributed by atoms with Crippen LogP contribution in [0.2, 0.25) is 0 Å². The molecule has 6 nitrogen and oxygen atoms in total. The Labute approximate surface area is 159 Å². The van der Waals surface area contributed by atoms with E-state index in [9.17, 15) is 9.59 Å². The first kappa shape index (κ1) is 20.3. The van der Waals surface area contributed by atoms with Crippen molar-refractivity contribution in [2.75, 3.05) is 17.7 Å². The summed E-state index contributed by atoms with van der Waals surface area (Å²) in [5, 5.41) is 5.50. The summed E-state index contributed by atoms with van der Waals surface area (Å²) in [5.41, 5.74) is 1.75. The van der Waals surface area contributed by atoms with E-state index >= 15 is 0 Å². The smallest absolute Gasteiger partial charge is 0.412 e. The van der Waals surface area contributed by atoms with E-state index < -0.39 is 11.7 Å². The first-order valence-corrected chi connectivity index (χ1v) is 8.78. The summed E-state index contributed by atoms with van der Waals surface area (Å²) >= 11 is 0. The van der Waals surface area contributed by atoms with E-state index in [1.807, 2.05) is 24.3 Å². The second-order valence-corrected chi connectivity index (χ2v) is 7.10. The summed E-state index contributed by atoms with van der Waals surface area (Å²) in [4.78, 5) is 23.9. The number of anilines is 2. The van der Waals surface area contributed by atoms with Gasteiger partial charge in [0.2, 0.25) is 5.91 Å². The van der Waals surface area contributed by atoms with E-state index in [1.54, 1.807) is 52.1 Å². The monoisotopic (exact) mass is 370 g/mol.